The number of methoxy groups -OCH3 is 2. The van der Waals surface area contributed by atoms with Crippen LogP contribution < -0.4 is 14.4 Å². The summed E-state index contributed by atoms with van der Waals surface area (Å²) in [5.41, 5.74) is 4.39. The van der Waals surface area contributed by atoms with Gasteiger partial charge in [-0.3, -0.25) is 4.90 Å². The molecular weight excluding hydrogens is 432 g/mol. The Morgan fingerprint density at radius 3 is 2.65 bits per heavy atom. The molecule has 3 aromatic heterocycles. The maximum atomic E-state index is 5.56. The number of ether oxygens (including phenoxy) is 2. The Kier molecular flexibility index (Phi) is 6.10. The van der Waals surface area contributed by atoms with E-state index in [4.69, 9.17) is 29.0 Å². The zero-order valence-corrected chi connectivity index (χ0v) is 20.1. The lowest BCUT2D eigenvalue weighted by molar-refractivity contribution is 0.244. The van der Waals surface area contributed by atoms with E-state index in [-0.39, 0.29) is 0 Å². The minimum atomic E-state index is 0.561. The molecule has 0 spiro atoms. The molecule has 4 heterocycles. The van der Waals surface area contributed by atoms with Gasteiger partial charge >= 0.3 is 0 Å². The second-order valence-electron chi connectivity index (χ2n) is 8.59. The largest absolute Gasteiger partial charge is 0.493 e. The van der Waals surface area contributed by atoms with Gasteiger partial charge in [-0.2, -0.15) is 4.52 Å². The van der Waals surface area contributed by atoms with Gasteiger partial charge in [-0.1, -0.05) is 6.92 Å². The van der Waals surface area contributed by atoms with Crippen molar-refractivity contribution in [1.29, 1.82) is 0 Å². The van der Waals surface area contributed by atoms with Crippen molar-refractivity contribution in [2.45, 2.75) is 32.9 Å². The summed E-state index contributed by atoms with van der Waals surface area (Å²) in [7, 11) is 5.38. The molecular formula is C25H30N6O3. The molecule has 4 aromatic rings. The number of rotatable bonds is 8. The van der Waals surface area contributed by atoms with Crippen LogP contribution in [0.1, 0.15) is 30.0 Å². The molecule has 178 valence electrons. The minimum Gasteiger partial charge on any atom is -0.493 e. The third-order valence-corrected chi connectivity index (χ3v) is 6.25. The molecule has 0 aliphatic carbocycles. The van der Waals surface area contributed by atoms with E-state index in [1.807, 2.05) is 29.9 Å². The Morgan fingerprint density at radius 1 is 1.15 bits per heavy atom. The van der Waals surface area contributed by atoms with Crippen LogP contribution in [0.15, 0.2) is 41.1 Å². The number of nitrogens with zero attached hydrogens (tertiary/aromatic N) is 6. The Bertz CT molecular complexity index is 1280. The normalized spacial score (nSPS) is 13.8. The first-order chi connectivity index (χ1) is 16.6. The van der Waals surface area contributed by atoms with Gasteiger partial charge in [0.15, 0.2) is 22.9 Å². The van der Waals surface area contributed by atoms with Gasteiger partial charge in [-0.05, 0) is 48.2 Å². The van der Waals surface area contributed by atoms with Crippen LogP contribution in [0.4, 0.5) is 5.95 Å². The summed E-state index contributed by atoms with van der Waals surface area (Å²) in [5, 5.41) is 4.75. The summed E-state index contributed by atoms with van der Waals surface area (Å²) in [6, 6.07) is 7.90. The van der Waals surface area contributed by atoms with Crippen molar-refractivity contribution in [2.24, 2.45) is 0 Å². The fourth-order valence-electron chi connectivity index (χ4n) is 4.54. The predicted molar refractivity (Wildman–Crippen MR) is 129 cm³/mol. The van der Waals surface area contributed by atoms with Gasteiger partial charge in [-0.25, -0.2) is 9.97 Å². The lowest BCUT2D eigenvalue weighted by Crippen LogP contribution is -2.30. The molecule has 5 rings (SSSR count). The van der Waals surface area contributed by atoms with Crippen molar-refractivity contribution in [3.63, 3.8) is 0 Å². The average Bonchev–Trinajstić information content (AvgIpc) is 3.54. The van der Waals surface area contributed by atoms with E-state index in [1.54, 1.807) is 20.5 Å². The monoisotopic (exact) mass is 462 g/mol. The molecule has 0 saturated heterocycles. The van der Waals surface area contributed by atoms with Gasteiger partial charge in [-0.15, -0.1) is 5.10 Å². The first-order valence-corrected chi connectivity index (χ1v) is 11.6. The van der Waals surface area contributed by atoms with Crippen molar-refractivity contribution in [2.75, 3.05) is 39.3 Å². The zero-order valence-electron chi connectivity index (χ0n) is 20.1. The predicted octanol–water partition coefficient (Wildman–Crippen LogP) is 3.81. The summed E-state index contributed by atoms with van der Waals surface area (Å²) in [4.78, 5) is 14.1. The number of anilines is 1. The fourth-order valence-corrected chi connectivity index (χ4v) is 4.54. The lowest BCUT2D eigenvalue weighted by atomic mass is 9.98. The van der Waals surface area contributed by atoms with E-state index in [0.29, 0.717) is 11.6 Å². The summed E-state index contributed by atoms with van der Waals surface area (Å²) in [5.74, 6) is 3.52. The van der Waals surface area contributed by atoms with Crippen LogP contribution in [0.2, 0.25) is 0 Å². The SMILES string of the molecule is CCCN(C)c1ncc(CN2CCc3cc(OC)c(OC)cc3C2)c2nc(-c3ccco3)nn12. The maximum Gasteiger partial charge on any atom is 0.228 e. The number of aromatic nitrogens is 4. The quantitative estimate of drug-likeness (QED) is 0.391. The van der Waals surface area contributed by atoms with Crippen molar-refractivity contribution in [1.82, 2.24) is 24.5 Å². The van der Waals surface area contributed by atoms with E-state index in [9.17, 15) is 0 Å². The first-order valence-electron chi connectivity index (χ1n) is 11.6. The van der Waals surface area contributed by atoms with E-state index in [2.05, 4.69) is 28.9 Å². The fraction of sp³-hybridized carbons (Fsp3) is 0.400. The van der Waals surface area contributed by atoms with Gasteiger partial charge in [0.25, 0.3) is 0 Å². The van der Waals surface area contributed by atoms with Gasteiger partial charge in [0.05, 0.1) is 20.5 Å². The highest BCUT2D eigenvalue weighted by molar-refractivity contribution is 5.58. The van der Waals surface area contributed by atoms with E-state index >= 15 is 0 Å². The van der Waals surface area contributed by atoms with Crippen molar-refractivity contribution in [3.05, 3.63) is 53.4 Å². The first kappa shape index (κ1) is 22.2. The van der Waals surface area contributed by atoms with E-state index in [0.717, 1.165) is 67.7 Å². The molecule has 1 aromatic carbocycles. The summed E-state index contributed by atoms with van der Waals surface area (Å²) in [6.45, 7) is 5.50. The molecule has 1 aliphatic heterocycles. The Labute approximate surface area is 198 Å². The highest BCUT2D eigenvalue weighted by atomic mass is 16.5. The topological polar surface area (TPSA) is 81.2 Å². The Hall–Kier alpha value is -3.59. The Balaban J connectivity index is 1.48. The summed E-state index contributed by atoms with van der Waals surface area (Å²) in [6.07, 6.45) is 5.53. The molecule has 0 bridgehead atoms. The van der Waals surface area contributed by atoms with Gasteiger partial charge in [0.1, 0.15) is 0 Å². The van der Waals surface area contributed by atoms with Crippen LogP contribution in [0.3, 0.4) is 0 Å². The molecule has 34 heavy (non-hydrogen) atoms. The molecule has 0 unspecified atom stereocenters. The summed E-state index contributed by atoms with van der Waals surface area (Å²) >= 11 is 0. The second-order valence-corrected chi connectivity index (χ2v) is 8.59. The van der Waals surface area contributed by atoms with Crippen LogP contribution in [-0.4, -0.2) is 58.8 Å². The number of fused-ring (bicyclic) bond motifs is 2. The average molecular weight is 463 g/mol. The van der Waals surface area contributed by atoms with Crippen LogP contribution in [-0.2, 0) is 19.5 Å². The van der Waals surface area contributed by atoms with Crippen LogP contribution >= 0.6 is 0 Å². The maximum absolute atomic E-state index is 5.56. The van der Waals surface area contributed by atoms with Crippen molar-refractivity contribution >= 4 is 11.6 Å². The molecule has 1 aliphatic rings. The molecule has 0 N–H and O–H groups in total. The highest BCUT2D eigenvalue weighted by Gasteiger charge is 2.23. The molecule has 0 amide bonds. The molecule has 0 radical (unpaired) electrons. The molecule has 0 atom stereocenters. The van der Waals surface area contributed by atoms with Gasteiger partial charge in [0, 0.05) is 45.0 Å². The van der Waals surface area contributed by atoms with Gasteiger partial charge < -0.3 is 18.8 Å². The molecule has 9 nitrogen and oxygen atoms in total. The molecule has 0 saturated carbocycles. The van der Waals surface area contributed by atoms with Crippen molar-refractivity contribution in [3.8, 4) is 23.1 Å². The molecule has 0 fully saturated rings. The summed E-state index contributed by atoms with van der Waals surface area (Å²) < 4.78 is 18.4. The van der Waals surface area contributed by atoms with Gasteiger partial charge in [0.2, 0.25) is 11.8 Å². The van der Waals surface area contributed by atoms with Crippen LogP contribution in [0.25, 0.3) is 17.2 Å². The number of furan rings is 1. The van der Waals surface area contributed by atoms with Crippen LogP contribution in [0, 0.1) is 0 Å². The standard InChI is InChI=1S/C25H30N6O3/c1-5-9-29(2)25-26-14-19(24-27-23(28-31(24)25)20-7-6-11-34-20)16-30-10-8-17-12-21(32-3)22(33-4)13-18(17)15-30/h6-7,11-14H,5,8-10,15-16H2,1-4H3. The lowest BCUT2D eigenvalue weighted by Gasteiger charge is -2.29. The number of hydrogen-bond donors (Lipinski definition) is 0. The van der Waals surface area contributed by atoms with Crippen molar-refractivity contribution < 1.29 is 13.9 Å². The zero-order chi connectivity index (χ0) is 23.7. The number of benzene rings is 1. The second kappa shape index (κ2) is 9.34. The third-order valence-electron chi connectivity index (χ3n) is 6.25. The smallest absolute Gasteiger partial charge is 0.228 e. The third kappa shape index (κ3) is 4.07. The van der Waals surface area contributed by atoms with E-state index < -0.39 is 0 Å². The van der Waals surface area contributed by atoms with Crippen LogP contribution in [0.5, 0.6) is 11.5 Å². The minimum absolute atomic E-state index is 0.561. The Morgan fingerprint density at radius 2 is 1.94 bits per heavy atom. The number of hydrogen-bond acceptors (Lipinski definition) is 8. The highest BCUT2D eigenvalue weighted by Crippen LogP contribution is 2.34. The molecule has 9 heteroatoms. The van der Waals surface area contributed by atoms with E-state index in [1.165, 1.54) is 11.1 Å².